The summed E-state index contributed by atoms with van der Waals surface area (Å²) in [6, 6.07) is 9.37. The first kappa shape index (κ1) is 12.8. The van der Waals surface area contributed by atoms with Crippen LogP contribution in [0, 0.1) is 0 Å². The number of anilines is 1. The van der Waals surface area contributed by atoms with Crippen molar-refractivity contribution in [2.45, 2.75) is 13.8 Å². The fourth-order valence-electron chi connectivity index (χ4n) is 0.725. The summed E-state index contributed by atoms with van der Waals surface area (Å²) in [4.78, 5) is 19.9. The number of amides is 1. The topological polar surface area (TPSA) is 46.2 Å². The lowest BCUT2D eigenvalue weighted by molar-refractivity contribution is -0.114. The molecule has 76 valence electrons. The minimum Gasteiger partial charge on any atom is -0.326 e. The van der Waals surface area contributed by atoms with Gasteiger partial charge in [0.05, 0.1) is 0 Å². The van der Waals surface area contributed by atoms with Crippen molar-refractivity contribution in [1.82, 2.24) is 0 Å². The Morgan fingerprint density at radius 1 is 1.14 bits per heavy atom. The van der Waals surface area contributed by atoms with Crippen LogP contribution < -0.4 is 5.32 Å². The lowest BCUT2D eigenvalue weighted by atomic mass is 10.3. The van der Waals surface area contributed by atoms with E-state index >= 15 is 0 Å². The molecule has 0 unspecified atom stereocenters. The van der Waals surface area contributed by atoms with Crippen LogP contribution in [0.3, 0.4) is 0 Å². The normalized spacial score (nSPS) is 8.21. The molecule has 0 aliphatic carbocycles. The van der Waals surface area contributed by atoms with Crippen molar-refractivity contribution in [1.29, 1.82) is 0 Å². The third-order valence-corrected chi connectivity index (χ3v) is 1.09. The Bertz CT molecular complexity index is 294. The van der Waals surface area contributed by atoms with Gasteiger partial charge >= 0.3 is 0 Å². The maximum Gasteiger partial charge on any atom is 0.221 e. The molecule has 0 aliphatic heterocycles. The van der Waals surface area contributed by atoms with Crippen molar-refractivity contribution in [3.63, 3.8) is 0 Å². The van der Waals surface area contributed by atoms with E-state index in [1.165, 1.54) is 13.8 Å². The van der Waals surface area contributed by atoms with Gasteiger partial charge in [-0.3, -0.25) is 9.59 Å². The predicted molar refractivity (Wildman–Crippen MR) is 60.4 cm³/mol. The van der Waals surface area contributed by atoms with Gasteiger partial charge in [0.2, 0.25) is 5.91 Å². The molecule has 0 fully saturated rings. The molecule has 1 rings (SSSR count). The van der Waals surface area contributed by atoms with E-state index in [1.807, 2.05) is 30.3 Å². The summed E-state index contributed by atoms with van der Waals surface area (Å²) in [7, 11) is 0. The van der Waals surface area contributed by atoms with Gasteiger partial charge in [-0.25, -0.2) is 0 Å². The zero-order chi connectivity index (χ0) is 11.0. The van der Waals surface area contributed by atoms with Crippen LogP contribution in [0.25, 0.3) is 0 Å². The molecule has 1 amide bonds. The van der Waals surface area contributed by atoms with E-state index in [9.17, 15) is 9.59 Å². The van der Waals surface area contributed by atoms with E-state index in [1.54, 1.807) is 0 Å². The number of nitrogens with one attached hydrogen (secondary N) is 1. The molecule has 0 atom stereocenters. The molecule has 0 heterocycles. The molecular weight excluding hydrogens is 246 g/mol. The molecular formula is C10H12BrNO2. The molecule has 0 saturated carbocycles. The maximum absolute atomic E-state index is 10.5. The molecule has 3 nitrogen and oxygen atoms in total. The standard InChI is InChI=1S/C8H9NO.C2H3BrO/c1-7(10)9-8-5-3-2-4-6-8;1-2(3)4/h2-6H,1H3,(H,9,10);1H3. The number of carbonyl (C=O) groups excluding carboxylic acids is 2. The molecule has 0 aromatic heterocycles. The molecule has 0 spiro atoms. The first-order chi connectivity index (χ1) is 6.52. The first-order valence-corrected chi connectivity index (χ1v) is 4.80. The van der Waals surface area contributed by atoms with Crippen LogP contribution >= 0.6 is 15.9 Å². The monoisotopic (exact) mass is 257 g/mol. The van der Waals surface area contributed by atoms with Crippen LogP contribution in [-0.2, 0) is 9.59 Å². The van der Waals surface area contributed by atoms with Gasteiger partial charge in [0.25, 0.3) is 0 Å². The smallest absolute Gasteiger partial charge is 0.221 e. The quantitative estimate of drug-likeness (QED) is 0.787. The number of hydrogen-bond donors (Lipinski definition) is 1. The van der Waals surface area contributed by atoms with Crippen LogP contribution in [0.4, 0.5) is 5.69 Å². The zero-order valence-electron chi connectivity index (χ0n) is 8.08. The van der Waals surface area contributed by atoms with Gasteiger partial charge in [-0.2, -0.15) is 0 Å². The Labute approximate surface area is 91.6 Å². The van der Waals surface area contributed by atoms with E-state index in [0.29, 0.717) is 0 Å². The van der Waals surface area contributed by atoms with Crippen molar-refractivity contribution in [3.05, 3.63) is 30.3 Å². The number of hydrogen-bond acceptors (Lipinski definition) is 2. The zero-order valence-corrected chi connectivity index (χ0v) is 9.67. The second kappa shape index (κ2) is 7.26. The van der Waals surface area contributed by atoms with Crippen molar-refractivity contribution in [3.8, 4) is 0 Å². The Kier molecular flexibility index (Phi) is 6.66. The number of rotatable bonds is 1. The lowest BCUT2D eigenvalue weighted by Gasteiger charge is -1.98. The lowest BCUT2D eigenvalue weighted by Crippen LogP contribution is -2.04. The van der Waals surface area contributed by atoms with Gasteiger partial charge in [-0.05, 0) is 28.1 Å². The third-order valence-electron chi connectivity index (χ3n) is 1.09. The fraction of sp³-hybridized carbons (Fsp3) is 0.200. The molecule has 4 heteroatoms. The van der Waals surface area contributed by atoms with E-state index < -0.39 is 0 Å². The largest absolute Gasteiger partial charge is 0.326 e. The number of halogens is 1. The molecule has 0 radical (unpaired) electrons. The molecule has 14 heavy (non-hydrogen) atoms. The van der Waals surface area contributed by atoms with Crippen LogP contribution in [0.15, 0.2) is 30.3 Å². The second-order valence-electron chi connectivity index (χ2n) is 2.52. The Morgan fingerprint density at radius 2 is 1.57 bits per heavy atom. The third kappa shape index (κ3) is 8.93. The van der Waals surface area contributed by atoms with E-state index in [0.717, 1.165) is 5.69 Å². The molecule has 0 saturated heterocycles. The highest BCUT2D eigenvalue weighted by Gasteiger charge is 1.90. The van der Waals surface area contributed by atoms with Crippen LogP contribution in [0.1, 0.15) is 13.8 Å². The molecule has 0 bridgehead atoms. The van der Waals surface area contributed by atoms with Gasteiger partial charge in [0.15, 0.2) is 4.69 Å². The van der Waals surface area contributed by atoms with E-state index in [4.69, 9.17) is 0 Å². The van der Waals surface area contributed by atoms with Gasteiger partial charge < -0.3 is 5.32 Å². The van der Waals surface area contributed by atoms with Crippen molar-refractivity contribution in [2.75, 3.05) is 5.32 Å². The van der Waals surface area contributed by atoms with Crippen LogP contribution in [0.2, 0.25) is 0 Å². The Hall–Kier alpha value is -1.16. The fourth-order valence-corrected chi connectivity index (χ4v) is 0.725. The summed E-state index contributed by atoms with van der Waals surface area (Å²) in [5.74, 6) is -0.0359. The number of para-hydroxylation sites is 1. The summed E-state index contributed by atoms with van der Waals surface area (Å²) in [5, 5.41) is 2.67. The Balaban J connectivity index is 0.000000364. The first-order valence-electron chi connectivity index (χ1n) is 4.01. The average Bonchev–Trinajstić information content (AvgIpc) is 2.03. The summed E-state index contributed by atoms with van der Waals surface area (Å²) in [5.41, 5.74) is 0.843. The molecule has 0 aliphatic rings. The molecule has 1 aromatic carbocycles. The van der Waals surface area contributed by atoms with Crippen molar-refractivity contribution < 1.29 is 9.59 Å². The minimum absolute atomic E-state index is 0.0208. The summed E-state index contributed by atoms with van der Waals surface area (Å²) in [6.07, 6.45) is 0. The summed E-state index contributed by atoms with van der Waals surface area (Å²) >= 11 is 2.63. The average molecular weight is 258 g/mol. The van der Waals surface area contributed by atoms with E-state index in [2.05, 4.69) is 21.2 Å². The van der Waals surface area contributed by atoms with Gasteiger partial charge in [0.1, 0.15) is 0 Å². The minimum atomic E-state index is -0.0359. The highest BCUT2D eigenvalue weighted by molar-refractivity contribution is 9.18. The van der Waals surface area contributed by atoms with Crippen LogP contribution in [-0.4, -0.2) is 10.6 Å². The van der Waals surface area contributed by atoms with Crippen LogP contribution in [0.5, 0.6) is 0 Å². The highest BCUT2D eigenvalue weighted by atomic mass is 79.9. The van der Waals surface area contributed by atoms with Gasteiger partial charge in [-0.15, -0.1) is 0 Å². The van der Waals surface area contributed by atoms with Gasteiger partial charge in [-0.1, -0.05) is 18.2 Å². The SMILES string of the molecule is CC(=O)Br.CC(=O)Nc1ccccc1. The summed E-state index contributed by atoms with van der Waals surface area (Å²) in [6.45, 7) is 2.94. The highest BCUT2D eigenvalue weighted by Crippen LogP contribution is 2.03. The molecule has 1 aromatic rings. The summed E-state index contributed by atoms with van der Waals surface area (Å²) < 4.78 is -0.0208. The second-order valence-corrected chi connectivity index (χ2v) is 3.63. The van der Waals surface area contributed by atoms with E-state index in [-0.39, 0.29) is 10.6 Å². The van der Waals surface area contributed by atoms with Crippen molar-refractivity contribution in [2.24, 2.45) is 0 Å². The Morgan fingerprint density at radius 3 is 1.93 bits per heavy atom. The number of carbonyl (C=O) groups is 2. The number of benzene rings is 1. The predicted octanol–water partition coefficient (Wildman–Crippen LogP) is 2.57. The van der Waals surface area contributed by atoms with Crippen molar-refractivity contribution >= 4 is 32.2 Å². The van der Waals surface area contributed by atoms with Gasteiger partial charge in [0, 0.05) is 19.5 Å². The maximum atomic E-state index is 10.5. The molecule has 1 N–H and O–H groups in total.